The van der Waals surface area contributed by atoms with Crippen molar-refractivity contribution in [3.63, 3.8) is 0 Å². The Hall–Kier alpha value is -2.40. The number of rotatable bonds is 4. The molecular weight excluding hydrogens is 346 g/mol. The molecule has 0 spiro atoms. The number of hydrogen-bond donors (Lipinski definition) is 2. The Morgan fingerprint density at radius 2 is 1.82 bits per heavy atom. The Balaban J connectivity index is 2.12. The number of carbonyl (C=O) groups excluding carboxylic acids is 1. The zero-order valence-corrected chi connectivity index (χ0v) is 13.4. The molecule has 5 heteroatoms. The van der Waals surface area contributed by atoms with E-state index in [0.717, 1.165) is 10.0 Å². The van der Waals surface area contributed by atoms with Crippen molar-refractivity contribution in [2.24, 2.45) is 0 Å². The zero-order chi connectivity index (χ0) is 16.1. The van der Waals surface area contributed by atoms with Crippen LogP contribution in [0.25, 0.3) is 6.08 Å². The summed E-state index contributed by atoms with van der Waals surface area (Å²) >= 11 is 3.36. The van der Waals surface area contributed by atoms with Crippen LogP contribution in [0.5, 0.6) is 0 Å². The van der Waals surface area contributed by atoms with Gasteiger partial charge in [0.2, 0.25) is 0 Å². The Labute approximate surface area is 136 Å². The van der Waals surface area contributed by atoms with Crippen molar-refractivity contribution in [2.75, 3.05) is 5.32 Å². The summed E-state index contributed by atoms with van der Waals surface area (Å²) in [6.07, 6.45) is 1.77. The first kappa shape index (κ1) is 16.0. The second-order valence-electron chi connectivity index (χ2n) is 4.72. The van der Waals surface area contributed by atoms with Crippen LogP contribution in [0.1, 0.15) is 22.8 Å². The average Bonchev–Trinajstić information content (AvgIpc) is 2.49. The minimum absolute atomic E-state index is 0.132. The molecule has 0 radical (unpaired) electrons. The van der Waals surface area contributed by atoms with Gasteiger partial charge in [-0.15, -0.1) is 0 Å². The van der Waals surface area contributed by atoms with Crippen LogP contribution in [-0.4, -0.2) is 17.0 Å². The van der Waals surface area contributed by atoms with Gasteiger partial charge < -0.3 is 10.4 Å². The van der Waals surface area contributed by atoms with E-state index in [1.807, 2.05) is 24.3 Å². The first-order valence-electron chi connectivity index (χ1n) is 6.54. The standard InChI is InChI=1S/C17H14BrNO3/c1-11(9-12-5-7-14(18)8-6-12)16(20)19-15-4-2-3-13(10-15)17(21)22/h2-10H,1H3,(H,19,20)(H,21,22)/b11-9+. The molecule has 1 amide bonds. The van der Waals surface area contributed by atoms with E-state index in [-0.39, 0.29) is 11.5 Å². The number of carboxylic acid groups (broad SMARTS) is 1. The Morgan fingerprint density at radius 3 is 2.45 bits per heavy atom. The molecule has 0 saturated heterocycles. The number of anilines is 1. The van der Waals surface area contributed by atoms with Crippen LogP contribution in [-0.2, 0) is 4.79 Å². The molecule has 0 saturated carbocycles. The van der Waals surface area contributed by atoms with Gasteiger partial charge >= 0.3 is 5.97 Å². The number of carboxylic acids is 1. The summed E-state index contributed by atoms with van der Waals surface area (Å²) in [7, 11) is 0. The van der Waals surface area contributed by atoms with Gasteiger partial charge in [-0.25, -0.2) is 4.79 Å². The molecule has 2 N–H and O–H groups in total. The van der Waals surface area contributed by atoms with Crippen molar-refractivity contribution in [3.05, 3.63) is 69.7 Å². The third kappa shape index (κ3) is 4.30. The van der Waals surface area contributed by atoms with Crippen LogP contribution in [0, 0.1) is 0 Å². The normalized spacial score (nSPS) is 11.1. The van der Waals surface area contributed by atoms with E-state index in [0.29, 0.717) is 11.3 Å². The van der Waals surface area contributed by atoms with Crippen molar-refractivity contribution in [3.8, 4) is 0 Å². The van der Waals surface area contributed by atoms with Gasteiger partial charge in [-0.05, 0) is 48.9 Å². The predicted octanol–water partition coefficient (Wildman–Crippen LogP) is 4.19. The second kappa shape index (κ2) is 7.04. The fourth-order valence-corrected chi connectivity index (χ4v) is 2.10. The van der Waals surface area contributed by atoms with Crippen molar-refractivity contribution < 1.29 is 14.7 Å². The summed E-state index contributed by atoms with van der Waals surface area (Å²) in [5, 5.41) is 11.6. The third-order valence-electron chi connectivity index (χ3n) is 2.98. The zero-order valence-electron chi connectivity index (χ0n) is 11.8. The van der Waals surface area contributed by atoms with Gasteiger partial charge in [0.05, 0.1) is 5.56 Å². The molecule has 4 nitrogen and oxygen atoms in total. The van der Waals surface area contributed by atoms with Crippen LogP contribution in [0.3, 0.4) is 0 Å². The molecule has 2 rings (SSSR count). The van der Waals surface area contributed by atoms with Crippen LogP contribution in [0.4, 0.5) is 5.69 Å². The van der Waals surface area contributed by atoms with Crippen molar-refractivity contribution >= 4 is 39.6 Å². The van der Waals surface area contributed by atoms with Crippen LogP contribution in [0.2, 0.25) is 0 Å². The maximum absolute atomic E-state index is 12.1. The Bertz CT molecular complexity index is 736. The van der Waals surface area contributed by atoms with Gasteiger partial charge in [0.15, 0.2) is 0 Å². The average molecular weight is 360 g/mol. The molecule has 0 unspecified atom stereocenters. The number of hydrogen-bond acceptors (Lipinski definition) is 2. The first-order valence-corrected chi connectivity index (χ1v) is 7.33. The summed E-state index contributed by atoms with van der Waals surface area (Å²) in [6.45, 7) is 1.71. The molecule has 0 heterocycles. The van der Waals surface area contributed by atoms with E-state index < -0.39 is 5.97 Å². The molecule has 0 aliphatic carbocycles. The Kier molecular flexibility index (Phi) is 5.12. The number of halogens is 1. The fourth-order valence-electron chi connectivity index (χ4n) is 1.83. The lowest BCUT2D eigenvalue weighted by Crippen LogP contribution is -2.13. The summed E-state index contributed by atoms with van der Waals surface area (Å²) in [5.74, 6) is -1.30. The summed E-state index contributed by atoms with van der Waals surface area (Å²) in [5.41, 5.74) is 2.03. The van der Waals surface area contributed by atoms with E-state index >= 15 is 0 Å². The molecule has 0 aliphatic heterocycles. The molecule has 112 valence electrons. The van der Waals surface area contributed by atoms with Gasteiger partial charge in [-0.3, -0.25) is 4.79 Å². The highest BCUT2D eigenvalue weighted by molar-refractivity contribution is 9.10. The highest BCUT2D eigenvalue weighted by atomic mass is 79.9. The summed E-state index contributed by atoms with van der Waals surface area (Å²) in [4.78, 5) is 23.0. The maximum atomic E-state index is 12.1. The van der Waals surface area contributed by atoms with Crippen LogP contribution < -0.4 is 5.32 Å². The maximum Gasteiger partial charge on any atom is 0.335 e. The molecule has 0 fully saturated rings. The number of carbonyl (C=O) groups is 2. The van der Waals surface area contributed by atoms with Crippen molar-refractivity contribution in [2.45, 2.75) is 6.92 Å². The number of aromatic carboxylic acids is 1. The number of nitrogens with one attached hydrogen (secondary N) is 1. The monoisotopic (exact) mass is 359 g/mol. The van der Waals surface area contributed by atoms with E-state index in [1.165, 1.54) is 12.1 Å². The lowest BCUT2D eigenvalue weighted by molar-refractivity contribution is -0.112. The molecule has 0 atom stereocenters. The van der Waals surface area contributed by atoms with E-state index in [1.54, 1.807) is 25.1 Å². The van der Waals surface area contributed by atoms with Gasteiger partial charge in [0.1, 0.15) is 0 Å². The third-order valence-corrected chi connectivity index (χ3v) is 3.51. The van der Waals surface area contributed by atoms with Crippen molar-refractivity contribution in [1.29, 1.82) is 0 Å². The highest BCUT2D eigenvalue weighted by Gasteiger charge is 2.07. The molecule has 2 aromatic carbocycles. The number of benzene rings is 2. The van der Waals surface area contributed by atoms with Crippen molar-refractivity contribution in [1.82, 2.24) is 0 Å². The van der Waals surface area contributed by atoms with E-state index in [9.17, 15) is 9.59 Å². The van der Waals surface area contributed by atoms with Crippen LogP contribution in [0.15, 0.2) is 58.6 Å². The summed E-state index contributed by atoms with van der Waals surface area (Å²) < 4.78 is 0.970. The van der Waals surface area contributed by atoms with Gasteiger partial charge in [0, 0.05) is 15.7 Å². The molecule has 0 aliphatic rings. The van der Waals surface area contributed by atoms with Gasteiger partial charge in [0.25, 0.3) is 5.91 Å². The predicted molar refractivity (Wildman–Crippen MR) is 89.8 cm³/mol. The Morgan fingerprint density at radius 1 is 1.14 bits per heavy atom. The smallest absolute Gasteiger partial charge is 0.335 e. The quantitative estimate of drug-likeness (QED) is 0.804. The van der Waals surface area contributed by atoms with Crippen LogP contribution >= 0.6 is 15.9 Å². The lowest BCUT2D eigenvalue weighted by Gasteiger charge is -2.06. The highest BCUT2D eigenvalue weighted by Crippen LogP contribution is 2.15. The second-order valence-corrected chi connectivity index (χ2v) is 5.63. The molecular formula is C17H14BrNO3. The lowest BCUT2D eigenvalue weighted by atomic mass is 10.1. The molecule has 22 heavy (non-hydrogen) atoms. The molecule has 0 bridgehead atoms. The van der Waals surface area contributed by atoms with E-state index in [4.69, 9.17) is 5.11 Å². The largest absolute Gasteiger partial charge is 0.478 e. The minimum atomic E-state index is -1.03. The minimum Gasteiger partial charge on any atom is -0.478 e. The fraction of sp³-hybridized carbons (Fsp3) is 0.0588. The SMILES string of the molecule is C/C(=C\c1ccc(Br)cc1)C(=O)Nc1cccc(C(=O)O)c1. The number of amides is 1. The molecule has 2 aromatic rings. The summed E-state index contributed by atoms with van der Waals surface area (Å²) in [6, 6.07) is 13.7. The van der Waals surface area contributed by atoms with E-state index in [2.05, 4.69) is 21.2 Å². The van der Waals surface area contributed by atoms with Gasteiger partial charge in [-0.2, -0.15) is 0 Å². The topological polar surface area (TPSA) is 66.4 Å². The van der Waals surface area contributed by atoms with Gasteiger partial charge in [-0.1, -0.05) is 34.1 Å². The first-order chi connectivity index (χ1) is 10.5. The molecule has 0 aromatic heterocycles.